The number of H-pyrrole nitrogens is 1. The number of fused-ring (bicyclic) bond motifs is 1. The number of hydrogen-bond donors (Lipinski definition) is 2. The molecule has 1 aliphatic heterocycles. The van der Waals surface area contributed by atoms with Crippen molar-refractivity contribution in [3.05, 3.63) is 65.9 Å². The molecule has 0 saturated heterocycles. The Bertz CT molecular complexity index is 1050. The molecule has 0 radical (unpaired) electrons. The third kappa shape index (κ3) is 4.43. The van der Waals surface area contributed by atoms with Crippen LogP contribution in [0.15, 0.2) is 54.6 Å². The first-order chi connectivity index (χ1) is 14.6. The highest BCUT2D eigenvalue weighted by Crippen LogP contribution is 2.32. The van der Waals surface area contributed by atoms with Crippen LogP contribution in [0.1, 0.15) is 29.0 Å². The summed E-state index contributed by atoms with van der Waals surface area (Å²) in [6, 6.07) is 16.3. The van der Waals surface area contributed by atoms with Crippen LogP contribution in [0.3, 0.4) is 0 Å². The third-order valence-corrected chi connectivity index (χ3v) is 4.65. The van der Waals surface area contributed by atoms with E-state index in [9.17, 15) is 9.59 Å². The van der Waals surface area contributed by atoms with Crippen LogP contribution in [0.2, 0.25) is 0 Å². The molecule has 2 heterocycles. The number of amides is 1. The normalized spacial score (nSPS) is 13.4. The molecule has 0 bridgehead atoms. The van der Waals surface area contributed by atoms with Gasteiger partial charge in [0.15, 0.2) is 18.1 Å². The van der Waals surface area contributed by atoms with Crippen LogP contribution in [0.4, 0.5) is 0 Å². The Labute approximate surface area is 173 Å². The third-order valence-electron chi connectivity index (χ3n) is 4.65. The maximum atomic E-state index is 12.2. The second-order valence-electron chi connectivity index (χ2n) is 6.80. The van der Waals surface area contributed by atoms with E-state index in [4.69, 9.17) is 14.2 Å². The molecular formula is C22H21N3O5. The average Bonchev–Trinajstić information content (AvgIpc) is 3.28. The van der Waals surface area contributed by atoms with Crippen molar-refractivity contribution in [3.63, 3.8) is 0 Å². The van der Waals surface area contributed by atoms with Crippen molar-refractivity contribution in [1.82, 2.24) is 15.5 Å². The van der Waals surface area contributed by atoms with Crippen LogP contribution in [-0.2, 0) is 9.53 Å². The maximum Gasteiger partial charge on any atom is 0.356 e. The van der Waals surface area contributed by atoms with Gasteiger partial charge in [0.05, 0.1) is 11.7 Å². The van der Waals surface area contributed by atoms with Crippen LogP contribution in [-0.4, -0.2) is 41.9 Å². The zero-order valence-electron chi connectivity index (χ0n) is 16.4. The molecule has 1 aromatic heterocycles. The van der Waals surface area contributed by atoms with Crippen molar-refractivity contribution in [1.29, 1.82) is 0 Å². The molecule has 0 fully saturated rings. The molecular weight excluding hydrogens is 386 g/mol. The number of esters is 1. The number of aromatic amines is 1. The van der Waals surface area contributed by atoms with E-state index >= 15 is 0 Å². The van der Waals surface area contributed by atoms with Gasteiger partial charge in [-0.3, -0.25) is 9.89 Å². The molecule has 1 amide bonds. The quantitative estimate of drug-likeness (QED) is 0.609. The van der Waals surface area contributed by atoms with Crippen molar-refractivity contribution >= 4 is 11.9 Å². The number of benzene rings is 2. The van der Waals surface area contributed by atoms with Crippen LogP contribution in [0.25, 0.3) is 11.3 Å². The summed E-state index contributed by atoms with van der Waals surface area (Å²) in [4.78, 5) is 24.4. The van der Waals surface area contributed by atoms with Crippen molar-refractivity contribution < 1.29 is 23.8 Å². The number of carbonyl (C=O) groups excluding carboxylic acids is 2. The Morgan fingerprint density at radius 2 is 1.87 bits per heavy atom. The SMILES string of the molecule is CC(NC(=O)COC(=O)c1cc(-c2ccccc2)n[nH]1)c1ccc2c(c1)OCCO2. The fourth-order valence-corrected chi connectivity index (χ4v) is 3.09. The fraction of sp³-hybridized carbons (Fsp3) is 0.227. The molecule has 154 valence electrons. The summed E-state index contributed by atoms with van der Waals surface area (Å²) >= 11 is 0. The lowest BCUT2D eigenvalue weighted by Crippen LogP contribution is -2.31. The van der Waals surface area contributed by atoms with Gasteiger partial charge in [0.1, 0.15) is 18.9 Å². The summed E-state index contributed by atoms with van der Waals surface area (Å²) in [5, 5.41) is 9.55. The number of nitrogens with zero attached hydrogens (tertiary/aromatic N) is 1. The molecule has 2 N–H and O–H groups in total. The van der Waals surface area contributed by atoms with E-state index in [0.717, 1.165) is 11.1 Å². The molecule has 30 heavy (non-hydrogen) atoms. The highest BCUT2D eigenvalue weighted by atomic mass is 16.6. The van der Waals surface area contributed by atoms with Crippen LogP contribution in [0.5, 0.6) is 11.5 Å². The predicted octanol–water partition coefficient (Wildman–Crippen LogP) is 2.88. The Morgan fingerprint density at radius 1 is 1.10 bits per heavy atom. The lowest BCUT2D eigenvalue weighted by atomic mass is 10.1. The zero-order valence-corrected chi connectivity index (χ0v) is 16.4. The van der Waals surface area contributed by atoms with Gasteiger partial charge in [0.2, 0.25) is 0 Å². The minimum Gasteiger partial charge on any atom is -0.486 e. The van der Waals surface area contributed by atoms with Crippen LogP contribution in [0, 0.1) is 0 Å². The molecule has 4 rings (SSSR count). The van der Waals surface area contributed by atoms with E-state index in [-0.39, 0.29) is 11.7 Å². The lowest BCUT2D eigenvalue weighted by Gasteiger charge is -2.21. The molecule has 0 aliphatic carbocycles. The van der Waals surface area contributed by atoms with Gasteiger partial charge in [-0.1, -0.05) is 36.4 Å². The van der Waals surface area contributed by atoms with E-state index in [1.54, 1.807) is 6.07 Å². The molecule has 1 aliphatic rings. The van der Waals surface area contributed by atoms with Crippen molar-refractivity contribution in [2.45, 2.75) is 13.0 Å². The minimum absolute atomic E-state index is 0.182. The first-order valence-corrected chi connectivity index (χ1v) is 9.57. The van der Waals surface area contributed by atoms with Crippen molar-refractivity contribution in [2.24, 2.45) is 0 Å². The first kappa shape index (κ1) is 19.5. The Balaban J connectivity index is 1.30. The first-order valence-electron chi connectivity index (χ1n) is 9.57. The Morgan fingerprint density at radius 3 is 2.67 bits per heavy atom. The standard InChI is InChI=1S/C22H21N3O5/c1-14(16-7-8-19-20(11-16)29-10-9-28-19)23-21(26)13-30-22(27)18-12-17(24-25-18)15-5-3-2-4-6-15/h2-8,11-12,14H,9-10,13H2,1H3,(H,23,26)(H,24,25). The molecule has 2 aromatic carbocycles. The topological polar surface area (TPSA) is 103 Å². The van der Waals surface area contributed by atoms with E-state index in [0.29, 0.717) is 30.4 Å². The van der Waals surface area contributed by atoms with Crippen molar-refractivity contribution in [3.8, 4) is 22.8 Å². The van der Waals surface area contributed by atoms with Gasteiger partial charge in [0, 0.05) is 5.56 Å². The highest BCUT2D eigenvalue weighted by molar-refractivity contribution is 5.90. The van der Waals surface area contributed by atoms with E-state index in [1.165, 1.54) is 0 Å². The molecule has 8 heteroatoms. The molecule has 3 aromatic rings. The second-order valence-corrected chi connectivity index (χ2v) is 6.80. The average molecular weight is 407 g/mol. The number of carbonyl (C=O) groups is 2. The summed E-state index contributed by atoms with van der Waals surface area (Å²) in [5.74, 6) is 0.284. The number of nitrogens with one attached hydrogen (secondary N) is 2. The Kier molecular flexibility index (Phi) is 5.65. The van der Waals surface area contributed by atoms with E-state index < -0.39 is 18.5 Å². The number of ether oxygens (including phenoxy) is 3. The highest BCUT2D eigenvalue weighted by Gasteiger charge is 2.18. The van der Waals surface area contributed by atoms with Gasteiger partial charge in [-0.25, -0.2) is 4.79 Å². The Hall–Kier alpha value is -3.81. The number of rotatable bonds is 6. The monoisotopic (exact) mass is 407 g/mol. The van der Waals surface area contributed by atoms with Gasteiger partial charge in [-0.05, 0) is 30.7 Å². The van der Waals surface area contributed by atoms with Crippen LogP contribution >= 0.6 is 0 Å². The van der Waals surface area contributed by atoms with Gasteiger partial charge in [0.25, 0.3) is 5.91 Å². The number of aromatic nitrogens is 2. The molecule has 0 spiro atoms. The summed E-state index contributed by atoms with van der Waals surface area (Å²) in [6.45, 7) is 2.46. The molecule has 8 nitrogen and oxygen atoms in total. The van der Waals surface area contributed by atoms with Gasteiger partial charge in [-0.2, -0.15) is 5.10 Å². The zero-order chi connectivity index (χ0) is 20.9. The van der Waals surface area contributed by atoms with E-state index in [2.05, 4.69) is 15.5 Å². The van der Waals surface area contributed by atoms with E-state index in [1.807, 2.05) is 55.5 Å². The largest absolute Gasteiger partial charge is 0.486 e. The summed E-state index contributed by atoms with van der Waals surface area (Å²) in [7, 11) is 0. The summed E-state index contributed by atoms with van der Waals surface area (Å²) < 4.78 is 16.2. The van der Waals surface area contributed by atoms with Gasteiger partial charge in [-0.15, -0.1) is 0 Å². The van der Waals surface area contributed by atoms with Gasteiger partial charge < -0.3 is 19.5 Å². The summed E-state index contributed by atoms with van der Waals surface area (Å²) in [5.41, 5.74) is 2.54. The minimum atomic E-state index is -0.646. The molecule has 1 atom stereocenters. The lowest BCUT2D eigenvalue weighted by molar-refractivity contribution is -0.124. The molecule has 1 unspecified atom stereocenters. The maximum absolute atomic E-state index is 12.2. The second kappa shape index (κ2) is 8.69. The number of hydrogen-bond acceptors (Lipinski definition) is 6. The van der Waals surface area contributed by atoms with Crippen LogP contribution < -0.4 is 14.8 Å². The van der Waals surface area contributed by atoms with Gasteiger partial charge >= 0.3 is 5.97 Å². The van der Waals surface area contributed by atoms with Crippen molar-refractivity contribution in [2.75, 3.05) is 19.8 Å². The fourth-order valence-electron chi connectivity index (χ4n) is 3.09. The summed E-state index contributed by atoms with van der Waals surface area (Å²) in [6.07, 6.45) is 0. The smallest absolute Gasteiger partial charge is 0.356 e. The predicted molar refractivity (Wildman–Crippen MR) is 108 cm³/mol. The molecule has 0 saturated carbocycles.